The van der Waals surface area contributed by atoms with Gasteiger partial charge >= 0.3 is 5.97 Å². The second-order valence-corrected chi connectivity index (χ2v) is 3.42. The van der Waals surface area contributed by atoms with Gasteiger partial charge in [0.15, 0.2) is 0 Å². The van der Waals surface area contributed by atoms with Crippen molar-refractivity contribution in [2.75, 3.05) is 0 Å². The summed E-state index contributed by atoms with van der Waals surface area (Å²) in [7, 11) is 0. The molecule has 0 aromatic carbocycles. The molecule has 1 atom stereocenters. The van der Waals surface area contributed by atoms with E-state index < -0.39 is 5.97 Å². The van der Waals surface area contributed by atoms with Crippen LogP contribution in [0.5, 0.6) is 0 Å². The Bertz CT molecular complexity index is 189. The maximum Gasteiger partial charge on any atom is 0.303 e. The molecule has 0 heterocycles. The first-order valence-electron chi connectivity index (χ1n) is 4.41. The van der Waals surface area contributed by atoms with Crippen LogP contribution < -0.4 is 5.32 Å². The van der Waals surface area contributed by atoms with Gasteiger partial charge in [0.25, 0.3) is 0 Å². The zero-order valence-electron chi connectivity index (χ0n) is 8.33. The van der Waals surface area contributed by atoms with Crippen LogP contribution in [-0.2, 0) is 9.59 Å². The molecule has 0 aromatic heterocycles. The van der Waals surface area contributed by atoms with Gasteiger partial charge in [0.1, 0.15) is 5.78 Å². The van der Waals surface area contributed by atoms with E-state index in [1.54, 1.807) is 0 Å². The molecule has 4 nitrogen and oxygen atoms in total. The molecular weight excluding hydrogens is 170 g/mol. The van der Waals surface area contributed by atoms with Crippen molar-refractivity contribution in [3.63, 3.8) is 0 Å². The predicted octanol–water partition coefficient (Wildman–Crippen LogP) is 0.807. The van der Waals surface area contributed by atoms with Gasteiger partial charge in [-0.1, -0.05) is 13.8 Å². The van der Waals surface area contributed by atoms with Gasteiger partial charge in [0, 0.05) is 12.5 Å². The lowest BCUT2D eigenvalue weighted by atomic mass is 10.1. The molecule has 2 N–H and O–H groups in total. The van der Waals surface area contributed by atoms with Crippen molar-refractivity contribution in [1.82, 2.24) is 5.32 Å². The summed E-state index contributed by atoms with van der Waals surface area (Å²) in [5, 5.41) is 11.5. The molecule has 0 aliphatic rings. The van der Waals surface area contributed by atoms with Crippen LogP contribution in [-0.4, -0.2) is 28.9 Å². The Hall–Kier alpha value is -0.900. The quantitative estimate of drug-likeness (QED) is 0.645. The third kappa shape index (κ3) is 6.28. The highest BCUT2D eigenvalue weighted by molar-refractivity contribution is 5.82. The minimum Gasteiger partial charge on any atom is -0.481 e. The van der Waals surface area contributed by atoms with Crippen molar-refractivity contribution in [2.45, 2.75) is 45.7 Å². The number of carboxylic acids is 1. The van der Waals surface area contributed by atoms with Gasteiger partial charge in [-0.05, 0) is 13.3 Å². The number of rotatable bonds is 6. The second-order valence-electron chi connectivity index (χ2n) is 3.42. The molecule has 0 amide bonds. The van der Waals surface area contributed by atoms with Crippen molar-refractivity contribution < 1.29 is 14.7 Å². The Balaban J connectivity index is 3.95. The SMILES string of the molecule is CC(=O)C(CCC(=O)O)NC(C)C. The van der Waals surface area contributed by atoms with Gasteiger partial charge in [0.05, 0.1) is 6.04 Å². The van der Waals surface area contributed by atoms with E-state index in [2.05, 4.69) is 5.32 Å². The third-order valence-corrected chi connectivity index (χ3v) is 1.67. The van der Waals surface area contributed by atoms with Crippen LogP contribution in [0, 0.1) is 0 Å². The predicted molar refractivity (Wildman–Crippen MR) is 49.6 cm³/mol. The average molecular weight is 187 g/mol. The lowest BCUT2D eigenvalue weighted by molar-refractivity contribution is -0.137. The Kier molecular flexibility index (Phi) is 5.30. The van der Waals surface area contributed by atoms with E-state index >= 15 is 0 Å². The first-order valence-corrected chi connectivity index (χ1v) is 4.41. The Labute approximate surface area is 78.3 Å². The highest BCUT2D eigenvalue weighted by atomic mass is 16.4. The fourth-order valence-corrected chi connectivity index (χ4v) is 1.07. The van der Waals surface area contributed by atoms with Crippen molar-refractivity contribution in [2.24, 2.45) is 0 Å². The maximum atomic E-state index is 11.0. The number of Topliss-reactive ketones (excluding diaryl/α,β-unsaturated/α-hetero) is 1. The molecular formula is C9H17NO3. The molecule has 76 valence electrons. The fraction of sp³-hybridized carbons (Fsp3) is 0.778. The van der Waals surface area contributed by atoms with E-state index in [0.29, 0.717) is 6.42 Å². The zero-order chi connectivity index (χ0) is 10.4. The number of hydrogen-bond donors (Lipinski definition) is 2. The minimum atomic E-state index is -0.864. The van der Waals surface area contributed by atoms with Crippen LogP contribution in [0.4, 0.5) is 0 Å². The van der Waals surface area contributed by atoms with Crippen molar-refractivity contribution in [3.8, 4) is 0 Å². The van der Waals surface area contributed by atoms with Crippen LogP contribution in [0.15, 0.2) is 0 Å². The summed E-state index contributed by atoms with van der Waals surface area (Å²) in [6.07, 6.45) is 0.396. The number of aliphatic carboxylic acids is 1. The number of carbonyl (C=O) groups is 2. The third-order valence-electron chi connectivity index (χ3n) is 1.67. The molecule has 0 saturated heterocycles. The molecule has 0 aliphatic heterocycles. The lowest BCUT2D eigenvalue weighted by Gasteiger charge is -2.17. The molecule has 0 rings (SSSR count). The summed E-state index contributed by atoms with van der Waals surface area (Å²) in [6, 6.07) is -0.126. The number of nitrogens with one attached hydrogen (secondary N) is 1. The van der Waals surface area contributed by atoms with Gasteiger partial charge in [-0.3, -0.25) is 9.59 Å². The maximum absolute atomic E-state index is 11.0. The highest BCUT2D eigenvalue weighted by Gasteiger charge is 2.15. The summed E-state index contributed by atoms with van der Waals surface area (Å²) >= 11 is 0. The van der Waals surface area contributed by atoms with Crippen LogP contribution in [0.25, 0.3) is 0 Å². The second kappa shape index (κ2) is 5.70. The molecule has 0 radical (unpaired) electrons. The number of ketones is 1. The first-order chi connectivity index (χ1) is 5.93. The molecule has 0 aromatic rings. The van der Waals surface area contributed by atoms with E-state index in [0.717, 1.165) is 0 Å². The zero-order valence-corrected chi connectivity index (χ0v) is 8.33. The summed E-state index contributed by atoms with van der Waals surface area (Å²) in [5.74, 6) is -0.869. The van der Waals surface area contributed by atoms with E-state index in [1.165, 1.54) is 6.92 Å². The van der Waals surface area contributed by atoms with Gasteiger partial charge < -0.3 is 10.4 Å². The van der Waals surface area contributed by atoms with Gasteiger partial charge in [0.2, 0.25) is 0 Å². The number of hydrogen-bond acceptors (Lipinski definition) is 3. The van der Waals surface area contributed by atoms with Crippen LogP contribution >= 0.6 is 0 Å². The molecule has 0 aliphatic carbocycles. The molecule has 0 spiro atoms. The molecule has 4 heteroatoms. The minimum absolute atomic E-state index is 0.00468. The molecule has 0 bridgehead atoms. The first kappa shape index (κ1) is 12.1. The summed E-state index contributed by atoms with van der Waals surface area (Å²) < 4.78 is 0. The summed E-state index contributed by atoms with van der Waals surface area (Å²) in [4.78, 5) is 21.3. The van der Waals surface area contributed by atoms with Crippen molar-refractivity contribution >= 4 is 11.8 Å². The van der Waals surface area contributed by atoms with Crippen LogP contribution in [0.2, 0.25) is 0 Å². The Morgan fingerprint density at radius 2 is 1.92 bits per heavy atom. The smallest absolute Gasteiger partial charge is 0.303 e. The monoisotopic (exact) mass is 187 g/mol. The van der Waals surface area contributed by atoms with Gasteiger partial charge in [-0.15, -0.1) is 0 Å². The van der Waals surface area contributed by atoms with E-state index in [9.17, 15) is 9.59 Å². The van der Waals surface area contributed by atoms with Crippen LogP contribution in [0.3, 0.4) is 0 Å². The number of carbonyl (C=O) groups excluding carboxylic acids is 1. The normalized spacial score (nSPS) is 12.9. The number of carboxylic acid groups (broad SMARTS) is 1. The van der Waals surface area contributed by atoms with Gasteiger partial charge in [-0.2, -0.15) is 0 Å². The fourth-order valence-electron chi connectivity index (χ4n) is 1.07. The molecule has 0 fully saturated rings. The highest BCUT2D eigenvalue weighted by Crippen LogP contribution is 2.00. The molecule has 0 saturated carbocycles. The standard InChI is InChI=1S/C9H17NO3/c1-6(2)10-8(7(3)11)4-5-9(12)13/h6,8,10H,4-5H2,1-3H3,(H,12,13). The van der Waals surface area contributed by atoms with Crippen molar-refractivity contribution in [1.29, 1.82) is 0 Å². The van der Waals surface area contributed by atoms with Gasteiger partial charge in [-0.25, -0.2) is 0 Å². The van der Waals surface area contributed by atoms with E-state index in [-0.39, 0.29) is 24.3 Å². The van der Waals surface area contributed by atoms with Crippen molar-refractivity contribution in [3.05, 3.63) is 0 Å². The van der Waals surface area contributed by atoms with E-state index in [1.807, 2.05) is 13.8 Å². The molecule has 1 unspecified atom stereocenters. The van der Waals surface area contributed by atoms with Crippen LogP contribution in [0.1, 0.15) is 33.6 Å². The Morgan fingerprint density at radius 1 is 1.38 bits per heavy atom. The topological polar surface area (TPSA) is 66.4 Å². The average Bonchev–Trinajstić information content (AvgIpc) is 1.96. The summed E-state index contributed by atoms with van der Waals surface area (Å²) in [5.41, 5.74) is 0. The lowest BCUT2D eigenvalue weighted by Crippen LogP contribution is -2.40. The van der Waals surface area contributed by atoms with E-state index in [4.69, 9.17) is 5.11 Å². The Morgan fingerprint density at radius 3 is 2.23 bits per heavy atom. The summed E-state index contributed by atoms with van der Waals surface area (Å²) in [6.45, 7) is 5.33. The largest absolute Gasteiger partial charge is 0.481 e. The molecule has 13 heavy (non-hydrogen) atoms.